The molecule has 0 aliphatic carbocycles. The number of aromatic amines is 1. The van der Waals surface area contributed by atoms with E-state index in [1.54, 1.807) is 0 Å². The van der Waals surface area contributed by atoms with E-state index in [2.05, 4.69) is 9.97 Å². The predicted octanol–water partition coefficient (Wildman–Crippen LogP) is 3.21. The van der Waals surface area contributed by atoms with Gasteiger partial charge in [0.05, 0.1) is 10.9 Å². The molecular weight excluding hydrogens is 236 g/mol. The Balaban J connectivity index is 2.32. The highest BCUT2D eigenvalue weighted by molar-refractivity contribution is 5.80. The van der Waals surface area contributed by atoms with E-state index < -0.39 is 0 Å². The van der Waals surface area contributed by atoms with Gasteiger partial charge in [-0.2, -0.15) is 0 Å². The molecule has 0 bridgehead atoms. The van der Waals surface area contributed by atoms with Crippen LogP contribution in [0.3, 0.4) is 0 Å². The molecule has 3 nitrogen and oxygen atoms in total. The zero-order chi connectivity index (χ0) is 13.4. The van der Waals surface area contributed by atoms with Crippen LogP contribution in [0, 0.1) is 13.8 Å². The highest BCUT2D eigenvalue weighted by Gasteiger charge is 2.07. The van der Waals surface area contributed by atoms with Crippen molar-refractivity contribution < 1.29 is 0 Å². The lowest BCUT2D eigenvalue weighted by molar-refractivity contribution is 1.17. The Bertz CT molecular complexity index is 818. The summed E-state index contributed by atoms with van der Waals surface area (Å²) in [5, 5.41) is 0.628. The van der Waals surface area contributed by atoms with Crippen LogP contribution >= 0.6 is 0 Å². The molecule has 0 aliphatic rings. The molecule has 0 saturated heterocycles. The molecule has 0 unspecified atom stereocenters. The lowest BCUT2D eigenvalue weighted by atomic mass is 10.1. The number of aromatic nitrogens is 2. The third-order valence-corrected chi connectivity index (χ3v) is 3.26. The summed E-state index contributed by atoms with van der Waals surface area (Å²) in [4.78, 5) is 19.5. The Labute approximate surface area is 111 Å². The van der Waals surface area contributed by atoms with E-state index in [1.165, 1.54) is 0 Å². The van der Waals surface area contributed by atoms with E-state index in [-0.39, 0.29) is 5.56 Å². The molecule has 0 atom stereocenters. The summed E-state index contributed by atoms with van der Waals surface area (Å²) in [6.07, 6.45) is 0. The Kier molecular flexibility index (Phi) is 2.67. The first kappa shape index (κ1) is 11.7. The summed E-state index contributed by atoms with van der Waals surface area (Å²) >= 11 is 0. The van der Waals surface area contributed by atoms with Crippen LogP contribution in [0.15, 0.2) is 47.3 Å². The van der Waals surface area contributed by atoms with Gasteiger partial charge in [0, 0.05) is 5.56 Å². The number of fused-ring (bicyclic) bond motifs is 1. The number of aryl methyl sites for hydroxylation is 2. The fraction of sp³-hybridized carbons (Fsp3) is 0.125. The van der Waals surface area contributed by atoms with Crippen LogP contribution in [0.2, 0.25) is 0 Å². The summed E-state index contributed by atoms with van der Waals surface area (Å²) < 4.78 is 0. The van der Waals surface area contributed by atoms with Gasteiger partial charge in [0.25, 0.3) is 5.56 Å². The Morgan fingerprint density at radius 2 is 1.84 bits per heavy atom. The topological polar surface area (TPSA) is 45.8 Å². The quantitative estimate of drug-likeness (QED) is 0.720. The van der Waals surface area contributed by atoms with Gasteiger partial charge < -0.3 is 4.98 Å². The zero-order valence-electron chi connectivity index (χ0n) is 10.9. The first-order valence-corrected chi connectivity index (χ1v) is 6.22. The molecule has 0 saturated carbocycles. The van der Waals surface area contributed by atoms with E-state index in [0.29, 0.717) is 11.2 Å². The number of hydrogen-bond donors (Lipinski definition) is 1. The average Bonchev–Trinajstić information content (AvgIpc) is 2.38. The molecule has 1 aromatic heterocycles. The Hall–Kier alpha value is -2.42. The van der Waals surface area contributed by atoms with Crippen LogP contribution < -0.4 is 5.56 Å². The van der Waals surface area contributed by atoms with E-state index in [4.69, 9.17) is 0 Å². The Morgan fingerprint density at radius 3 is 2.63 bits per heavy atom. The van der Waals surface area contributed by atoms with Crippen LogP contribution in [-0.2, 0) is 0 Å². The lowest BCUT2D eigenvalue weighted by Crippen LogP contribution is -2.10. The zero-order valence-corrected chi connectivity index (χ0v) is 10.9. The van der Waals surface area contributed by atoms with Gasteiger partial charge in [-0.05, 0) is 37.1 Å². The van der Waals surface area contributed by atoms with Crippen LogP contribution in [0.5, 0.6) is 0 Å². The number of rotatable bonds is 1. The molecule has 0 fully saturated rings. The second-order valence-corrected chi connectivity index (χ2v) is 4.75. The smallest absolute Gasteiger partial charge is 0.259 e. The van der Waals surface area contributed by atoms with E-state index >= 15 is 0 Å². The standard InChI is InChI=1S/C16H14N2O/c1-10-7-8-13-14(9-10)17-15(18-16(13)19)12-6-4-3-5-11(12)2/h3-9H,1-2H3,(H,17,18,19). The van der Waals surface area contributed by atoms with Gasteiger partial charge >= 0.3 is 0 Å². The minimum absolute atomic E-state index is 0.0942. The fourth-order valence-corrected chi connectivity index (χ4v) is 2.22. The maximum atomic E-state index is 12.1. The molecule has 3 rings (SSSR count). The fourth-order valence-electron chi connectivity index (χ4n) is 2.22. The van der Waals surface area contributed by atoms with Gasteiger partial charge in [0.1, 0.15) is 5.82 Å². The summed E-state index contributed by atoms with van der Waals surface area (Å²) in [6, 6.07) is 13.6. The predicted molar refractivity (Wildman–Crippen MR) is 77.3 cm³/mol. The first-order chi connectivity index (χ1) is 9.15. The second kappa shape index (κ2) is 4.35. The van der Waals surface area contributed by atoms with Crippen molar-refractivity contribution in [2.45, 2.75) is 13.8 Å². The molecule has 3 aromatic rings. The van der Waals surface area contributed by atoms with Crippen molar-refractivity contribution in [3.05, 3.63) is 63.9 Å². The van der Waals surface area contributed by atoms with Gasteiger partial charge in [-0.1, -0.05) is 30.3 Å². The third-order valence-electron chi connectivity index (χ3n) is 3.26. The number of nitrogens with zero attached hydrogens (tertiary/aromatic N) is 1. The average molecular weight is 250 g/mol. The Morgan fingerprint density at radius 1 is 1.05 bits per heavy atom. The van der Waals surface area contributed by atoms with Crippen molar-refractivity contribution in [1.29, 1.82) is 0 Å². The first-order valence-electron chi connectivity index (χ1n) is 6.22. The van der Waals surface area contributed by atoms with Crippen LogP contribution in [0.1, 0.15) is 11.1 Å². The molecule has 0 radical (unpaired) electrons. The molecule has 0 aliphatic heterocycles. The van der Waals surface area contributed by atoms with Crippen molar-refractivity contribution in [2.75, 3.05) is 0 Å². The van der Waals surface area contributed by atoms with Crippen molar-refractivity contribution in [3.63, 3.8) is 0 Å². The summed E-state index contributed by atoms with van der Waals surface area (Å²) in [6.45, 7) is 4.01. The molecule has 0 spiro atoms. The van der Waals surface area contributed by atoms with Gasteiger partial charge in [0.15, 0.2) is 0 Å². The molecule has 1 N–H and O–H groups in total. The molecule has 3 heteroatoms. The number of benzene rings is 2. The maximum Gasteiger partial charge on any atom is 0.259 e. The molecular formula is C16H14N2O. The van der Waals surface area contributed by atoms with E-state index in [9.17, 15) is 4.79 Å². The van der Waals surface area contributed by atoms with Gasteiger partial charge in [-0.15, -0.1) is 0 Å². The van der Waals surface area contributed by atoms with Crippen LogP contribution in [0.25, 0.3) is 22.3 Å². The van der Waals surface area contributed by atoms with Crippen LogP contribution in [-0.4, -0.2) is 9.97 Å². The summed E-state index contributed by atoms with van der Waals surface area (Å²) in [5.74, 6) is 0.626. The molecule has 1 heterocycles. The molecule has 2 aromatic carbocycles. The maximum absolute atomic E-state index is 12.1. The summed E-state index contributed by atoms with van der Waals surface area (Å²) in [5.41, 5.74) is 3.80. The summed E-state index contributed by atoms with van der Waals surface area (Å²) in [7, 11) is 0. The molecule has 0 amide bonds. The van der Waals surface area contributed by atoms with Crippen molar-refractivity contribution in [1.82, 2.24) is 9.97 Å². The largest absolute Gasteiger partial charge is 0.306 e. The van der Waals surface area contributed by atoms with E-state index in [0.717, 1.165) is 22.2 Å². The lowest BCUT2D eigenvalue weighted by Gasteiger charge is -2.06. The van der Waals surface area contributed by atoms with Crippen LogP contribution in [0.4, 0.5) is 0 Å². The highest BCUT2D eigenvalue weighted by atomic mass is 16.1. The second-order valence-electron chi connectivity index (χ2n) is 4.75. The van der Waals surface area contributed by atoms with Gasteiger partial charge in [-0.3, -0.25) is 4.79 Å². The van der Waals surface area contributed by atoms with Crippen molar-refractivity contribution >= 4 is 10.9 Å². The SMILES string of the molecule is Cc1ccc2c(=O)[nH]c(-c3ccccc3C)nc2c1. The number of H-pyrrole nitrogens is 1. The normalized spacial score (nSPS) is 10.8. The monoisotopic (exact) mass is 250 g/mol. The van der Waals surface area contributed by atoms with Crippen molar-refractivity contribution in [3.8, 4) is 11.4 Å². The highest BCUT2D eigenvalue weighted by Crippen LogP contribution is 2.20. The van der Waals surface area contributed by atoms with Crippen molar-refractivity contribution in [2.24, 2.45) is 0 Å². The van der Waals surface area contributed by atoms with Gasteiger partial charge in [0.2, 0.25) is 0 Å². The molecule has 19 heavy (non-hydrogen) atoms. The minimum Gasteiger partial charge on any atom is -0.306 e. The van der Waals surface area contributed by atoms with E-state index in [1.807, 2.05) is 56.3 Å². The number of nitrogens with one attached hydrogen (secondary N) is 1. The number of hydrogen-bond acceptors (Lipinski definition) is 2. The molecule has 94 valence electrons. The third kappa shape index (κ3) is 2.03. The van der Waals surface area contributed by atoms with Gasteiger partial charge in [-0.25, -0.2) is 4.98 Å². The minimum atomic E-state index is -0.0942.